The number of aryl methyl sites for hydroxylation is 1. The van der Waals surface area contributed by atoms with Crippen LogP contribution in [0.25, 0.3) is 0 Å². The van der Waals surface area contributed by atoms with E-state index in [4.69, 9.17) is 21.1 Å². The Morgan fingerprint density at radius 1 is 1.32 bits per heavy atom. The molecule has 12 heteroatoms. The fourth-order valence-corrected chi connectivity index (χ4v) is 5.71. The molecule has 0 unspecified atom stereocenters. The minimum absolute atomic E-state index is 0.0280. The van der Waals surface area contributed by atoms with Gasteiger partial charge < -0.3 is 19.4 Å². The van der Waals surface area contributed by atoms with Crippen molar-refractivity contribution in [3.8, 4) is 5.75 Å². The largest absolute Gasteiger partial charge is 0.486 e. The molecule has 1 aromatic carbocycles. The number of thiophene rings is 1. The zero-order valence-electron chi connectivity index (χ0n) is 18.5. The average molecular weight is 525 g/mol. The van der Waals surface area contributed by atoms with Crippen LogP contribution in [0.2, 0.25) is 5.02 Å². The predicted molar refractivity (Wildman–Crippen MR) is 128 cm³/mol. The van der Waals surface area contributed by atoms with Crippen LogP contribution in [0.4, 0.5) is 9.39 Å². The lowest BCUT2D eigenvalue weighted by Crippen LogP contribution is -2.17. The first kappa shape index (κ1) is 24.5. The van der Waals surface area contributed by atoms with E-state index in [2.05, 4.69) is 15.5 Å². The van der Waals surface area contributed by atoms with Crippen LogP contribution in [0.5, 0.6) is 5.75 Å². The van der Waals surface area contributed by atoms with E-state index in [1.165, 1.54) is 41.3 Å². The van der Waals surface area contributed by atoms with Gasteiger partial charge in [-0.25, -0.2) is 9.18 Å². The highest BCUT2D eigenvalue weighted by Gasteiger charge is 2.28. The van der Waals surface area contributed by atoms with Crippen LogP contribution in [-0.4, -0.2) is 39.0 Å². The van der Waals surface area contributed by atoms with Crippen LogP contribution in [0.15, 0.2) is 23.4 Å². The van der Waals surface area contributed by atoms with Gasteiger partial charge in [0.1, 0.15) is 23.2 Å². The number of hydrogen-bond acceptors (Lipinski definition) is 8. The number of thioether (sulfide) groups is 1. The molecule has 0 spiro atoms. The van der Waals surface area contributed by atoms with Gasteiger partial charge in [0.25, 0.3) is 0 Å². The molecule has 34 heavy (non-hydrogen) atoms. The van der Waals surface area contributed by atoms with Gasteiger partial charge in [0.15, 0.2) is 11.0 Å². The van der Waals surface area contributed by atoms with Gasteiger partial charge in [0.05, 0.1) is 22.9 Å². The number of fused-ring (bicyclic) bond motifs is 1. The van der Waals surface area contributed by atoms with E-state index < -0.39 is 11.8 Å². The Morgan fingerprint density at radius 3 is 2.91 bits per heavy atom. The Balaban J connectivity index is 1.35. The highest BCUT2D eigenvalue weighted by Crippen LogP contribution is 2.39. The molecule has 4 rings (SSSR count). The number of carbonyl (C=O) groups excluding carboxylic acids is 2. The van der Waals surface area contributed by atoms with Gasteiger partial charge in [-0.05, 0) is 43.9 Å². The Hall–Kier alpha value is -2.63. The molecule has 2 heterocycles. The van der Waals surface area contributed by atoms with Gasteiger partial charge in [-0.1, -0.05) is 23.4 Å². The fourth-order valence-electron chi connectivity index (χ4n) is 3.52. The molecule has 1 aliphatic rings. The van der Waals surface area contributed by atoms with Crippen LogP contribution < -0.4 is 10.1 Å². The first-order chi connectivity index (χ1) is 16.4. The van der Waals surface area contributed by atoms with E-state index in [-0.39, 0.29) is 29.9 Å². The second kappa shape index (κ2) is 10.7. The number of benzene rings is 1. The van der Waals surface area contributed by atoms with Gasteiger partial charge in [0, 0.05) is 18.0 Å². The second-order valence-corrected chi connectivity index (χ2v) is 9.90. The summed E-state index contributed by atoms with van der Waals surface area (Å²) < 4.78 is 25.8. The van der Waals surface area contributed by atoms with Crippen LogP contribution >= 0.6 is 34.7 Å². The highest BCUT2D eigenvalue weighted by molar-refractivity contribution is 7.99. The molecule has 1 amide bonds. The van der Waals surface area contributed by atoms with Gasteiger partial charge in [0.2, 0.25) is 5.91 Å². The Kier molecular flexibility index (Phi) is 7.74. The second-order valence-electron chi connectivity index (χ2n) is 7.44. The van der Waals surface area contributed by atoms with Gasteiger partial charge in [-0.15, -0.1) is 21.5 Å². The summed E-state index contributed by atoms with van der Waals surface area (Å²) in [7, 11) is 1.76. The van der Waals surface area contributed by atoms with Crippen molar-refractivity contribution in [2.75, 3.05) is 17.7 Å². The lowest BCUT2D eigenvalue weighted by molar-refractivity contribution is -0.113. The number of nitrogens with one attached hydrogen (secondary N) is 1. The summed E-state index contributed by atoms with van der Waals surface area (Å²) in [4.78, 5) is 26.2. The van der Waals surface area contributed by atoms with E-state index >= 15 is 0 Å². The molecular weight excluding hydrogens is 503 g/mol. The van der Waals surface area contributed by atoms with Gasteiger partial charge in [-0.2, -0.15) is 0 Å². The Morgan fingerprint density at radius 2 is 2.15 bits per heavy atom. The maximum atomic E-state index is 13.3. The molecule has 1 aliphatic carbocycles. The summed E-state index contributed by atoms with van der Waals surface area (Å²) in [5, 5.41) is 12.1. The number of carbonyl (C=O) groups is 2. The lowest BCUT2D eigenvalue weighted by atomic mass is 10.1. The summed E-state index contributed by atoms with van der Waals surface area (Å²) in [6, 6.07) is 4.09. The SMILES string of the molecule is CCOC(=O)c1c(NC(=O)CSc2nnc(COc3ccc(F)c(Cl)c3)n2C)sc2c1CCC2. The van der Waals surface area contributed by atoms with Crippen molar-refractivity contribution in [1.29, 1.82) is 0 Å². The summed E-state index contributed by atoms with van der Waals surface area (Å²) in [6.07, 6.45) is 2.73. The number of anilines is 1. The number of hydrogen-bond donors (Lipinski definition) is 1. The molecule has 0 saturated carbocycles. The monoisotopic (exact) mass is 524 g/mol. The number of rotatable bonds is 9. The number of aromatic nitrogens is 3. The number of ether oxygens (including phenoxy) is 2. The van der Waals surface area contributed by atoms with E-state index in [1.807, 2.05) is 0 Å². The predicted octanol–water partition coefficient (Wildman–Crippen LogP) is 4.64. The molecule has 8 nitrogen and oxygen atoms in total. The number of halogens is 2. The smallest absolute Gasteiger partial charge is 0.341 e. The first-order valence-corrected chi connectivity index (χ1v) is 12.8. The molecule has 180 valence electrons. The summed E-state index contributed by atoms with van der Waals surface area (Å²) in [5.41, 5.74) is 1.48. The number of esters is 1. The van der Waals surface area contributed by atoms with Crippen molar-refractivity contribution in [2.24, 2.45) is 7.05 Å². The summed E-state index contributed by atoms with van der Waals surface area (Å²) in [5.74, 6) is -0.148. The van der Waals surface area contributed by atoms with E-state index in [0.717, 1.165) is 29.7 Å². The van der Waals surface area contributed by atoms with Gasteiger partial charge in [-0.3, -0.25) is 4.79 Å². The molecule has 0 fully saturated rings. The van der Waals surface area contributed by atoms with Crippen LogP contribution in [-0.2, 0) is 36.0 Å². The van der Waals surface area contributed by atoms with Crippen LogP contribution in [0.3, 0.4) is 0 Å². The van der Waals surface area contributed by atoms with E-state index in [0.29, 0.717) is 27.3 Å². The van der Waals surface area contributed by atoms with Crippen molar-refractivity contribution >= 4 is 51.6 Å². The average Bonchev–Trinajstić information content (AvgIpc) is 3.48. The normalized spacial score (nSPS) is 12.5. The molecular formula is C22H22ClFN4O4S2. The van der Waals surface area contributed by atoms with Gasteiger partial charge >= 0.3 is 5.97 Å². The standard InChI is InChI=1S/C22H22ClFN4O4S2/c1-3-31-21(30)19-13-5-4-6-16(13)34-20(19)25-18(29)11-33-22-27-26-17(28(22)2)10-32-12-7-8-15(24)14(23)9-12/h7-9H,3-6,10-11H2,1-2H3,(H,25,29). The van der Waals surface area contributed by atoms with Crippen LogP contribution in [0, 0.1) is 5.82 Å². The molecule has 0 bridgehead atoms. The zero-order chi connectivity index (χ0) is 24.2. The van der Waals surface area contributed by atoms with Crippen molar-refractivity contribution in [3.63, 3.8) is 0 Å². The Bertz CT molecular complexity index is 1230. The molecule has 0 saturated heterocycles. The summed E-state index contributed by atoms with van der Waals surface area (Å²) in [6.45, 7) is 2.13. The molecule has 0 atom stereocenters. The lowest BCUT2D eigenvalue weighted by Gasteiger charge is -2.08. The minimum atomic E-state index is -0.522. The quantitative estimate of drug-likeness (QED) is 0.321. The third-order valence-corrected chi connectivity index (χ3v) is 7.69. The Labute approximate surface area is 208 Å². The fraction of sp³-hybridized carbons (Fsp3) is 0.364. The third-order valence-electron chi connectivity index (χ3n) is 5.17. The van der Waals surface area contributed by atoms with Crippen molar-refractivity contribution in [3.05, 3.63) is 50.9 Å². The number of amides is 1. The molecule has 0 aliphatic heterocycles. The van der Waals surface area contributed by atoms with Crippen molar-refractivity contribution in [1.82, 2.24) is 14.8 Å². The molecule has 2 aromatic heterocycles. The molecule has 0 radical (unpaired) electrons. The van der Waals surface area contributed by atoms with E-state index in [9.17, 15) is 14.0 Å². The minimum Gasteiger partial charge on any atom is -0.486 e. The molecule has 3 aromatic rings. The maximum absolute atomic E-state index is 13.3. The van der Waals surface area contributed by atoms with Crippen molar-refractivity contribution in [2.45, 2.75) is 37.9 Å². The third kappa shape index (κ3) is 5.37. The van der Waals surface area contributed by atoms with Crippen LogP contribution in [0.1, 0.15) is 40.0 Å². The zero-order valence-corrected chi connectivity index (χ0v) is 20.9. The maximum Gasteiger partial charge on any atom is 0.341 e. The topological polar surface area (TPSA) is 95.3 Å². The summed E-state index contributed by atoms with van der Waals surface area (Å²) >= 11 is 8.43. The van der Waals surface area contributed by atoms with Crippen molar-refractivity contribution < 1.29 is 23.5 Å². The number of nitrogens with zero attached hydrogens (tertiary/aromatic N) is 3. The van der Waals surface area contributed by atoms with E-state index in [1.54, 1.807) is 18.5 Å². The molecule has 1 N–H and O–H groups in total. The highest BCUT2D eigenvalue weighted by atomic mass is 35.5. The first-order valence-electron chi connectivity index (χ1n) is 10.6.